The summed E-state index contributed by atoms with van der Waals surface area (Å²) >= 11 is 0. The summed E-state index contributed by atoms with van der Waals surface area (Å²) in [5.74, 6) is 0.242. The molecule has 1 aromatic carbocycles. The van der Waals surface area contributed by atoms with E-state index in [4.69, 9.17) is 0 Å². The van der Waals surface area contributed by atoms with Crippen LogP contribution < -0.4 is 5.32 Å². The van der Waals surface area contributed by atoms with Crippen molar-refractivity contribution in [1.29, 1.82) is 0 Å². The number of aryl methyl sites for hydroxylation is 2. The molecule has 0 unspecified atom stereocenters. The van der Waals surface area contributed by atoms with E-state index in [9.17, 15) is 4.79 Å². The summed E-state index contributed by atoms with van der Waals surface area (Å²) in [6.45, 7) is 12.0. The Labute approximate surface area is 111 Å². The smallest absolute Gasteiger partial charge is 0.131 e. The topological polar surface area (TPSA) is 29.1 Å². The lowest BCUT2D eigenvalue weighted by molar-refractivity contribution is -0.116. The first-order valence-corrected chi connectivity index (χ1v) is 6.61. The molecule has 18 heavy (non-hydrogen) atoms. The Kier molecular flexibility index (Phi) is 5.09. The molecule has 0 saturated carbocycles. The molecule has 0 heterocycles. The zero-order chi connectivity index (χ0) is 13.8. The number of hydrogen-bond donors (Lipinski definition) is 1. The van der Waals surface area contributed by atoms with Gasteiger partial charge in [0.2, 0.25) is 0 Å². The Balaban J connectivity index is 2.61. The Morgan fingerprint density at radius 3 is 2.44 bits per heavy atom. The van der Waals surface area contributed by atoms with Crippen molar-refractivity contribution in [2.45, 2.75) is 46.5 Å². The standard InChI is InChI=1S/C16H25NO/c1-12-6-7-15(10-13(12)2)16(4,5)11-17-9-8-14(3)18/h6-7,10,17H,8-9,11H2,1-5H3. The third-order valence-corrected chi connectivity index (χ3v) is 3.51. The van der Waals surface area contributed by atoms with Gasteiger partial charge < -0.3 is 5.32 Å². The van der Waals surface area contributed by atoms with Crippen LogP contribution in [0, 0.1) is 13.8 Å². The lowest BCUT2D eigenvalue weighted by Crippen LogP contribution is -2.34. The average Bonchev–Trinajstić information content (AvgIpc) is 2.28. The van der Waals surface area contributed by atoms with Crippen LogP contribution >= 0.6 is 0 Å². The van der Waals surface area contributed by atoms with Crippen molar-refractivity contribution in [2.24, 2.45) is 0 Å². The summed E-state index contributed by atoms with van der Waals surface area (Å²) < 4.78 is 0. The summed E-state index contributed by atoms with van der Waals surface area (Å²) in [6.07, 6.45) is 0.614. The second kappa shape index (κ2) is 6.14. The highest BCUT2D eigenvalue weighted by atomic mass is 16.1. The van der Waals surface area contributed by atoms with Gasteiger partial charge in [0.05, 0.1) is 0 Å². The minimum absolute atomic E-state index is 0.0925. The molecule has 1 N–H and O–H groups in total. The molecule has 0 saturated heterocycles. The molecule has 0 spiro atoms. The highest BCUT2D eigenvalue weighted by Gasteiger charge is 2.20. The number of Topliss-reactive ketones (excluding diaryl/α,β-unsaturated/α-hetero) is 1. The second-order valence-electron chi connectivity index (χ2n) is 5.81. The lowest BCUT2D eigenvalue weighted by atomic mass is 9.83. The minimum Gasteiger partial charge on any atom is -0.315 e. The Hall–Kier alpha value is -1.15. The normalized spacial score (nSPS) is 11.6. The first-order chi connectivity index (χ1) is 8.33. The highest BCUT2D eigenvalue weighted by Crippen LogP contribution is 2.24. The van der Waals surface area contributed by atoms with Crippen LogP contribution in [0.4, 0.5) is 0 Å². The first-order valence-electron chi connectivity index (χ1n) is 6.61. The number of benzene rings is 1. The predicted octanol–water partition coefficient (Wildman–Crippen LogP) is 3.15. The van der Waals surface area contributed by atoms with Crippen molar-refractivity contribution >= 4 is 5.78 Å². The molecule has 1 aromatic rings. The van der Waals surface area contributed by atoms with Gasteiger partial charge in [-0.2, -0.15) is 0 Å². The van der Waals surface area contributed by atoms with Crippen LogP contribution in [-0.2, 0) is 10.2 Å². The Bertz CT molecular complexity index is 421. The summed E-state index contributed by atoms with van der Waals surface area (Å²) in [6, 6.07) is 6.65. The van der Waals surface area contributed by atoms with Gasteiger partial charge in [0.15, 0.2) is 0 Å². The third-order valence-electron chi connectivity index (χ3n) is 3.51. The zero-order valence-electron chi connectivity index (χ0n) is 12.3. The molecule has 100 valence electrons. The molecule has 1 rings (SSSR count). The average molecular weight is 247 g/mol. The molecule has 0 aliphatic rings. The van der Waals surface area contributed by atoms with Gasteiger partial charge in [-0.25, -0.2) is 0 Å². The second-order valence-corrected chi connectivity index (χ2v) is 5.81. The molecule has 0 amide bonds. The van der Waals surface area contributed by atoms with E-state index in [1.807, 2.05) is 0 Å². The quantitative estimate of drug-likeness (QED) is 0.782. The summed E-state index contributed by atoms with van der Waals surface area (Å²) in [5, 5.41) is 3.37. The van der Waals surface area contributed by atoms with Gasteiger partial charge in [-0.15, -0.1) is 0 Å². The van der Waals surface area contributed by atoms with E-state index in [1.54, 1.807) is 6.92 Å². The Morgan fingerprint density at radius 2 is 1.89 bits per heavy atom. The number of rotatable bonds is 6. The van der Waals surface area contributed by atoms with Crippen LogP contribution in [0.15, 0.2) is 18.2 Å². The maximum atomic E-state index is 10.9. The number of carbonyl (C=O) groups is 1. The number of hydrogen-bond acceptors (Lipinski definition) is 2. The van der Waals surface area contributed by atoms with E-state index < -0.39 is 0 Å². The van der Waals surface area contributed by atoms with E-state index >= 15 is 0 Å². The third kappa shape index (κ3) is 4.26. The van der Waals surface area contributed by atoms with Gasteiger partial charge in [-0.1, -0.05) is 32.0 Å². The van der Waals surface area contributed by atoms with Gasteiger partial charge >= 0.3 is 0 Å². The van der Waals surface area contributed by atoms with E-state index in [-0.39, 0.29) is 11.2 Å². The van der Waals surface area contributed by atoms with Crippen molar-refractivity contribution in [2.75, 3.05) is 13.1 Å². The first kappa shape index (κ1) is 14.9. The van der Waals surface area contributed by atoms with E-state index in [2.05, 4.69) is 51.2 Å². The molecule has 0 aromatic heterocycles. The van der Waals surface area contributed by atoms with Crippen molar-refractivity contribution in [1.82, 2.24) is 5.32 Å². The molecule has 2 nitrogen and oxygen atoms in total. The van der Waals surface area contributed by atoms with Crippen molar-refractivity contribution in [3.8, 4) is 0 Å². The van der Waals surface area contributed by atoms with Crippen molar-refractivity contribution in [3.05, 3.63) is 34.9 Å². The van der Waals surface area contributed by atoms with Crippen LogP contribution in [0.25, 0.3) is 0 Å². The summed E-state index contributed by atoms with van der Waals surface area (Å²) in [7, 11) is 0. The zero-order valence-corrected chi connectivity index (χ0v) is 12.3. The van der Waals surface area contributed by atoms with Gasteiger partial charge in [-0.3, -0.25) is 4.79 Å². The van der Waals surface area contributed by atoms with Crippen molar-refractivity contribution in [3.63, 3.8) is 0 Å². The van der Waals surface area contributed by atoms with Crippen LogP contribution in [-0.4, -0.2) is 18.9 Å². The maximum Gasteiger partial charge on any atom is 0.131 e. The molecule has 0 bridgehead atoms. The number of ketones is 1. The largest absolute Gasteiger partial charge is 0.315 e. The lowest BCUT2D eigenvalue weighted by Gasteiger charge is -2.26. The number of nitrogens with one attached hydrogen (secondary N) is 1. The predicted molar refractivity (Wildman–Crippen MR) is 77.1 cm³/mol. The molecule has 0 aliphatic carbocycles. The fraction of sp³-hybridized carbons (Fsp3) is 0.562. The molecule has 0 fully saturated rings. The monoisotopic (exact) mass is 247 g/mol. The highest BCUT2D eigenvalue weighted by molar-refractivity contribution is 5.75. The fourth-order valence-corrected chi connectivity index (χ4v) is 1.93. The van der Waals surface area contributed by atoms with Gasteiger partial charge in [0, 0.05) is 24.9 Å². The number of carbonyl (C=O) groups excluding carboxylic acids is 1. The van der Waals surface area contributed by atoms with Gasteiger partial charge in [0.25, 0.3) is 0 Å². The van der Waals surface area contributed by atoms with Crippen LogP contribution in [0.3, 0.4) is 0 Å². The molecule has 0 aliphatic heterocycles. The van der Waals surface area contributed by atoms with Crippen LogP contribution in [0.2, 0.25) is 0 Å². The molecular formula is C16H25NO. The van der Waals surface area contributed by atoms with E-state index in [1.165, 1.54) is 16.7 Å². The Morgan fingerprint density at radius 1 is 1.22 bits per heavy atom. The van der Waals surface area contributed by atoms with E-state index in [0.717, 1.165) is 13.1 Å². The fourth-order valence-electron chi connectivity index (χ4n) is 1.93. The van der Waals surface area contributed by atoms with Gasteiger partial charge in [0.1, 0.15) is 5.78 Å². The van der Waals surface area contributed by atoms with Crippen LogP contribution in [0.1, 0.15) is 43.9 Å². The molecule has 0 radical (unpaired) electrons. The van der Waals surface area contributed by atoms with Crippen molar-refractivity contribution < 1.29 is 4.79 Å². The molecule has 2 heteroatoms. The maximum absolute atomic E-state index is 10.9. The van der Waals surface area contributed by atoms with Gasteiger partial charge in [-0.05, 0) is 37.5 Å². The summed E-state index contributed by atoms with van der Waals surface area (Å²) in [5.41, 5.74) is 4.11. The summed E-state index contributed by atoms with van der Waals surface area (Å²) in [4.78, 5) is 10.9. The molecule has 0 atom stereocenters. The van der Waals surface area contributed by atoms with Crippen LogP contribution in [0.5, 0.6) is 0 Å². The van der Waals surface area contributed by atoms with E-state index in [0.29, 0.717) is 6.42 Å². The SMILES string of the molecule is CC(=O)CCNCC(C)(C)c1ccc(C)c(C)c1. The minimum atomic E-state index is 0.0925. The molecular weight excluding hydrogens is 222 g/mol.